The maximum absolute atomic E-state index is 12.3. The van der Waals surface area contributed by atoms with Crippen LogP contribution in [-0.2, 0) is 9.53 Å². The molecule has 1 saturated heterocycles. The van der Waals surface area contributed by atoms with Crippen LogP contribution in [0.3, 0.4) is 0 Å². The third-order valence-electron chi connectivity index (χ3n) is 4.76. The summed E-state index contributed by atoms with van der Waals surface area (Å²) in [5.74, 6) is 0.506. The lowest BCUT2D eigenvalue weighted by Gasteiger charge is -2.20. The molecule has 0 aromatic rings. The average Bonchev–Trinajstić information content (AvgIpc) is 3.02. The highest BCUT2D eigenvalue weighted by Gasteiger charge is 2.45. The second kappa shape index (κ2) is 5.49. The predicted molar refractivity (Wildman–Crippen MR) is 75.8 cm³/mol. The fraction of sp³-hybridized carbons (Fsp3) is 0.929. The van der Waals surface area contributed by atoms with E-state index in [1.165, 1.54) is 12.8 Å². The highest BCUT2D eigenvalue weighted by atomic mass is 79.9. The van der Waals surface area contributed by atoms with Gasteiger partial charge in [-0.05, 0) is 44.4 Å². The number of halogens is 1. The topological polar surface area (TPSA) is 38.3 Å². The second-order valence-electron chi connectivity index (χ2n) is 6.09. The van der Waals surface area contributed by atoms with E-state index < -0.39 is 0 Å². The van der Waals surface area contributed by atoms with Crippen molar-refractivity contribution in [2.24, 2.45) is 17.3 Å². The summed E-state index contributed by atoms with van der Waals surface area (Å²) in [6, 6.07) is 0. The first-order chi connectivity index (χ1) is 8.49. The van der Waals surface area contributed by atoms with Crippen molar-refractivity contribution in [2.75, 3.05) is 11.9 Å². The number of alkyl halides is 1. The molecular formula is C14H24BrNO2. The van der Waals surface area contributed by atoms with Gasteiger partial charge in [0.2, 0.25) is 5.91 Å². The van der Waals surface area contributed by atoms with Crippen LogP contribution >= 0.6 is 15.9 Å². The summed E-state index contributed by atoms with van der Waals surface area (Å²) >= 11 is 3.49. The quantitative estimate of drug-likeness (QED) is 0.792. The van der Waals surface area contributed by atoms with Crippen molar-refractivity contribution < 1.29 is 9.53 Å². The Labute approximate surface area is 118 Å². The molecule has 4 unspecified atom stereocenters. The smallest absolute Gasteiger partial charge is 0.226 e. The highest BCUT2D eigenvalue weighted by Crippen LogP contribution is 2.48. The molecule has 2 rings (SSSR count). The monoisotopic (exact) mass is 317 g/mol. The standard InChI is InChI=1S/C14H24BrNO2/c1-9-10(2)18-11(3)12(9)13(17)16-8-14(4-5-14)6-7-15/h9-12H,4-8H2,1-3H3,(H,16,17). The first-order valence-corrected chi connectivity index (χ1v) is 8.10. The highest BCUT2D eigenvalue weighted by molar-refractivity contribution is 9.09. The Bertz CT molecular complexity index is 317. The fourth-order valence-corrected chi connectivity index (χ4v) is 3.84. The molecule has 0 aromatic carbocycles. The number of carbonyl (C=O) groups is 1. The predicted octanol–water partition coefficient (Wildman–Crippen LogP) is 2.73. The molecule has 18 heavy (non-hydrogen) atoms. The molecular weight excluding hydrogens is 294 g/mol. The fourth-order valence-electron chi connectivity index (χ4n) is 3.00. The zero-order valence-electron chi connectivity index (χ0n) is 11.5. The van der Waals surface area contributed by atoms with Crippen LogP contribution in [0, 0.1) is 17.3 Å². The van der Waals surface area contributed by atoms with Gasteiger partial charge in [0.25, 0.3) is 0 Å². The van der Waals surface area contributed by atoms with Crippen LogP contribution in [0.15, 0.2) is 0 Å². The Kier molecular flexibility index (Phi) is 4.37. The van der Waals surface area contributed by atoms with E-state index >= 15 is 0 Å². The molecule has 4 heteroatoms. The average molecular weight is 318 g/mol. The molecule has 104 valence electrons. The molecule has 0 aromatic heterocycles. The van der Waals surface area contributed by atoms with Gasteiger partial charge in [-0.15, -0.1) is 0 Å². The lowest BCUT2D eigenvalue weighted by atomic mass is 9.88. The Morgan fingerprint density at radius 3 is 2.44 bits per heavy atom. The van der Waals surface area contributed by atoms with E-state index in [1.807, 2.05) is 6.92 Å². The molecule has 4 atom stereocenters. The summed E-state index contributed by atoms with van der Waals surface area (Å²) in [7, 11) is 0. The summed E-state index contributed by atoms with van der Waals surface area (Å²) in [6.45, 7) is 7.02. The maximum atomic E-state index is 12.3. The zero-order chi connectivity index (χ0) is 13.3. The second-order valence-corrected chi connectivity index (χ2v) is 6.88. The molecule has 1 N–H and O–H groups in total. The molecule has 2 aliphatic rings. The van der Waals surface area contributed by atoms with Crippen LogP contribution in [0.5, 0.6) is 0 Å². The molecule has 1 saturated carbocycles. The maximum Gasteiger partial charge on any atom is 0.226 e. The SMILES string of the molecule is CC1OC(C)C(C(=O)NCC2(CCBr)CC2)C1C. The minimum atomic E-state index is 0.0137. The van der Waals surface area contributed by atoms with Crippen molar-refractivity contribution in [1.29, 1.82) is 0 Å². The number of amides is 1. The van der Waals surface area contributed by atoms with Crippen LogP contribution in [0.25, 0.3) is 0 Å². The summed E-state index contributed by atoms with van der Waals surface area (Å²) in [4.78, 5) is 12.3. The summed E-state index contributed by atoms with van der Waals surface area (Å²) in [5.41, 5.74) is 0.386. The summed E-state index contributed by atoms with van der Waals surface area (Å²) < 4.78 is 5.73. The van der Waals surface area contributed by atoms with Crippen LogP contribution in [-0.4, -0.2) is 30.0 Å². The van der Waals surface area contributed by atoms with Gasteiger partial charge in [-0.25, -0.2) is 0 Å². The Hall–Kier alpha value is -0.0900. The van der Waals surface area contributed by atoms with Gasteiger partial charge in [-0.1, -0.05) is 22.9 Å². The zero-order valence-corrected chi connectivity index (χ0v) is 13.1. The number of hydrogen-bond donors (Lipinski definition) is 1. The Morgan fingerprint density at radius 2 is 2.00 bits per heavy atom. The van der Waals surface area contributed by atoms with Crippen molar-refractivity contribution in [3.63, 3.8) is 0 Å². The Morgan fingerprint density at radius 1 is 1.33 bits per heavy atom. The minimum Gasteiger partial charge on any atom is -0.374 e. The molecule has 3 nitrogen and oxygen atoms in total. The van der Waals surface area contributed by atoms with Gasteiger partial charge in [0, 0.05) is 11.9 Å². The molecule has 1 aliphatic heterocycles. The number of ether oxygens (including phenoxy) is 1. The molecule has 2 fully saturated rings. The normalized spacial score (nSPS) is 37.6. The van der Waals surface area contributed by atoms with E-state index in [9.17, 15) is 4.79 Å². The van der Waals surface area contributed by atoms with Crippen LogP contribution in [0.4, 0.5) is 0 Å². The molecule has 1 heterocycles. The first kappa shape index (κ1) is 14.3. The molecule has 1 amide bonds. The van der Waals surface area contributed by atoms with Crippen LogP contribution in [0.2, 0.25) is 0 Å². The van der Waals surface area contributed by atoms with Gasteiger partial charge in [0.15, 0.2) is 0 Å². The van der Waals surface area contributed by atoms with Crippen LogP contribution < -0.4 is 5.32 Å². The molecule has 0 radical (unpaired) electrons. The van der Waals surface area contributed by atoms with E-state index in [-0.39, 0.29) is 24.0 Å². The van der Waals surface area contributed by atoms with Crippen molar-refractivity contribution in [1.82, 2.24) is 5.32 Å². The number of carbonyl (C=O) groups excluding carboxylic acids is 1. The van der Waals surface area contributed by atoms with E-state index in [1.54, 1.807) is 0 Å². The lowest BCUT2D eigenvalue weighted by molar-refractivity contribution is -0.127. The number of nitrogens with one attached hydrogen (secondary N) is 1. The number of hydrogen-bond acceptors (Lipinski definition) is 2. The molecule has 1 aliphatic carbocycles. The largest absolute Gasteiger partial charge is 0.374 e. The lowest BCUT2D eigenvalue weighted by Crippen LogP contribution is -2.40. The first-order valence-electron chi connectivity index (χ1n) is 6.98. The number of rotatable bonds is 5. The van der Waals surface area contributed by atoms with E-state index in [2.05, 4.69) is 35.1 Å². The van der Waals surface area contributed by atoms with Gasteiger partial charge in [0.1, 0.15) is 0 Å². The van der Waals surface area contributed by atoms with E-state index in [0.717, 1.165) is 18.3 Å². The minimum absolute atomic E-state index is 0.0137. The van der Waals surface area contributed by atoms with Crippen LogP contribution in [0.1, 0.15) is 40.0 Å². The van der Waals surface area contributed by atoms with Crippen molar-refractivity contribution in [3.05, 3.63) is 0 Å². The third-order valence-corrected chi connectivity index (χ3v) is 5.16. The molecule has 0 bridgehead atoms. The van der Waals surface area contributed by atoms with Crippen molar-refractivity contribution >= 4 is 21.8 Å². The van der Waals surface area contributed by atoms with Gasteiger partial charge in [-0.3, -0.25) is 4.79 Å². The molecule has 0 spiro atoms. The van der Waals surface area contributed by atoms with E-state index in [0.29, 0.717) is 11.3 Å². The van der Waals surface area contributed by atoms with Gasteiger partial charge in [-0.2, -0.15) is 0 Å². The van der Waals surface area contributed by atoms with Crippen molar-refractivity contribution in [2.45, 2.75) is 52.2 Å². The van der Waals surface area contributed by atoms with E-state index in [4.69, 9.17) is 4.74 Å². The van der Waals surface area contributed by atoms with Crippen molar-refractivity contribution in [3.8, 4) is 0 Å². The summed E-state index contributed by atoms with van der Waals surface area (Å²) in [6.07, 6.45) is 3.90. The third kappa shape index (κ3) is 2.90. The Balaban J connectivity index is 1.85. The summed E-state index contributed by atoms with van der Waals surface area (Å²) in [5, 5.41) is 4.18. The van der Waals surface area contributed by atoms with Gasteiger partial charge < -0.3 is 10.1 Å². The van der Waals surface area contributed by atoms with Gasteiger partial charge in [0.05, 0.1) is 18.1 Å². The van der Waals surface area contributed by atoms with Gasteiger partial charge >= 0.3 is 0 Å².